The number of carbonyl (C=O) groups excluding carboxylic acids is 1. The summed E-state index contributed by atoms with van der Waals surface area (Å²) in [5.41, 5.74) is 2.36. The molecule has 0 unspecified atom stereocenters. The molecular weight excluding hydrogens is 516 g/mol. The van der Waals surface area contributed by atoms with Gasteiger partial charge in [0, 0.05) is 35.8 Å². The molecule has 1 amide bonds. The number of carbonyl (C=O) groups is 1. The molecule has 1 aromatic heterocycles. The average molecular weight is 539 g/mol. The van der Waals surface area contributed by atoms with Crippen LogP contribution < -0.4 is 10.2 Å². The lowest BCUT2D eigenvalue weighted by Gasteiger charge is -2.25. The molecule has 1 saturated heterocycles. The lowest BCUT2D eigenvalue weighted by atomic mass is 10.1. The Hall–Kier alpha value is -3.14. The van der Waals surface area contributed by atoms with Crippen molar-refractivity contribution in [3.05, 3.63) is 81.4 Å². The van der Waals surface area contributed by atoms with Crippen LogP contribution in [0.15, 0.2) is 69.9 Å². The third-order valence-electron chi connectivity index (χ3n) is 6.04. The maximum atomic E-state index is 13.3. The van der Waals surface area contributed by atoms with Crippen LogP contribution in [0.25, 0.3) is 10.2 Å². The molecule has 184 valence electrons. The van der Waals surface area contributed by atoms with E-state index in [9.17, 15) is 14.9 Å². The molecule has 1 aliphatic heterocycles. The largest absolute Gasteiger partial charge is 0.371 e. The number of halogens is 1. The number of rotatable bonds is 6. The highest BCUT2D eigenvalue weighted by molar-refractivity contribution is 8.01. The van der Waals surface area contributed by atoms with E-state index in [0.29, 0.717) is 16.4 Å². The van der Waals surface area contributed by atoms with E-state index in [-0.39, 0.29) is 11.3 Å². The van der Waals surface area contributed by atoms with Crippen molar-refractivity contribution < 1.29 is 9.72 Å². The fourth-order valence-corrected chi connectivity index (χ4v) is 6.58. The lowest BCUT2D eigenvalue weighted by Crippen LogP contribution is -2.27. The Morgan fingerprint density at radius 1 is 1.06 bits per heavy atom. The average Bonchev–Trinajstić information content (AvgIpc) is 3.08. The first-order valence-corrected chi connectivity index (χ1v) is 13.7. The van der Waals surface area contributed by atoms with E-state index >= 15 is 0 Å². The Morgan fingerprint density at radius 2 is 1.83 bits per heavy atom. The minimum Gasteiger partial charge on any atom is -0.371 e. The maximum absolute atomic E-state index is 13.3. The lowest BCUT2D eigenvalue weighted by molar-refractivity contribution is -0.384. The first-order chi connectivity index (χ1) is 17.5. The Balaban J connectivity index is 1.37. The number of nitrogens with one attached hydrogen (secondary N) is 1. The van der Waals surface area contributed by atoms with Crippen molar-refractivity contribution in [1.82, 2.24) is 4.98 Å². The quantitative estimate of drug-likeness (QED) is 0.200. The van der Waals surface area contributed by atoms with Crippen molar-refractivity contribution in [3.63, 3.8) is 0 Å². The molecule has 10 heteroatoms. The van der Waals surface area contributed by atoms with E-state index in [2.05, 4.69) is 15.2 Å². The first kappa shape index (κ1) is 24.5. The van der Waals surface area contributed by atoms with Crippen LogP contribution in [0.3, 0.4) is 0 Å². The maximum Gasteiger partial charge on any atom is 0.270 e. The summed E-state index contributed by atoms with van der Waals surface area (Å²) in [5, 5.41) is 14.8. The number of non-ortho nitro benzene ring substituents is 1. The van der Waals surface area contributed by atoms with Crippen molar-refractivity contribution in [2.45, 2.75) is 34.9 Å². The number of amides is 1. The number of para-hydroxylation sites is 1. The zero-order valence-electron chi connectivity index (χ0n) is 19.3. The fraction of sp³-hybridized carbons (Fsp3) is 0.231. The summed E-state index contributed by atoms with van der Waals surface area (Å²) in [7, 11) is 0. The molecule has 7 nitrogen and oxygen atoms in total. The highest BCUT2D eigenvalue weighted by Gasteiger charge is 2.22. The van der Waals surface area contributed by atoms with Gasteiger partial charge in [-0.05, 0) is 49.2 Å². The normalized spacial score (nSPS) is 14.0. The molecule has 1 aliphatic rings. The summed E-state index contributed by atoms with van der Waals surface area (Å²) in [6.45, 7) is 1.64. The molecule has 3 aromatic carbocycles. The zero-order chi connectivity index (χ0) is 25.1. The van der Waals surface area contributed by atoms with Crippen molar-refractivity contribution in [2.75, 3.05) is 23.3 Å². The van der Waals surface area contributed by atoms with Crippen LogP contribution in [0.5, 0.6) is 0 Å². The number of hydrogen-bond donors (Lipinski definition) is 1. The Labute approximate surface area is 221 Å². The topological polar surface area (TPSA) is 88.4 Å². The van der Waals surface area contributed by atoms with E-state index in [0.717, 1.165) is 58.2 Å². The molecule has 36 heavy (non-hydrogen) atoms. The van der Waals surface area contributed by atoms with Crippen molar-refractivity contribution in [2.24, 2.45) is 0 Å². The van der Waals surface area contributed by atoms with Gasteiger partial charge in [0.15, 0.2) is 4.34 Å². The van der Waals surface area contributed by atoms with Crippen LogP contribution in [0, 0.1) is 10.1 Å². The van der Waals surface area contributed by atoms with Gasteiger partial charge in [0.25, 0.3) is 11.6 Å². The minimum absolute atomic E-state index is 0.112. The van der Waals surface area contributed by atoms with Gasteiger partial charge >= 0.3 is 0 Å². The zero-order valence-corrected chi connectivity index (χ0v) is 21.7. The molecule has 0 spiro atoms. The highest BCUT2D eigenvalue weighted by Crippen LogP contribution is 2.38. The summed E-state index contributed by atoms with van der Waals surface area (Å²) in [4.78, 5) is 31.8. The first-order valence-electron chi connectivity index (χ1n) is 11.7. The molecule has 1 N–H and O–H groups in total. The summed E-state index contributed by atoms with van der Waals surface area (Å²) in [6, 6.07) is 17.8. The second-order valence-corrected chi connectivity index (χ2v) is 11.2. The van der Waals surface area contributed by atoms with Crippen molar-refractivity contribution >= 4 is 67.9 Å². The summed E-state index contributed by atoms with van der Waals surface area (Å²) < 4.78 is 1.99. The molecule has 2 heterocycles. The fourth-order valence-electron chi connectivity index (χ4n) is 4.26. The molecule has 4 aromatic rings. The van der Waals surface area contributed by atoms with Crippen LogP contribution in [-0.4, -0.2) is 28.9 Å². The smallest absolute Gasteiger partial charge is 0.270 e. The van der Waals surface area contributed by atoms with E-state index in [1.165, 1.54) is 23.9 Å². The van der Waals surface area contributed by atoms with Gasteiger partial charge in [-0.3, -0.25) is 14.9 Å². The summed E-state index contributed by atoms with van der Waals surface area (Å²) in [5.74, 6) is -0.402. The van der Waals surface area contributed by atoms with Gasteiger partial charge in [0.2, 0.25) is 0 Å². The minimum atomic E-state index is -0.478. The molecular formula is C26H23ClN4O3S2. The molecule has 0 aliphatic carbocycles. The van der Waals surface area contributed by atoms with Crippen LogP contribution in [-0.2, 0) is 0 Å². The standard InChI is InChI=1S/C26H23ClN4O3S2/c27-20-15-17(9-12-23(20)35-26-29-21-7-3-4-8-24(21)36-26)28-25(32)19-16-18(31(33)34)10-11-22(19)30-13-5-1-2-6-14-30/h3-4,7-12,15-16H,1-2,5-6,13-14H2,(H,28,32). The number of thiazole rings is 1. The van der Waals surface area contributed by atoms with E-state index < -0.39 is 10.8 Å². The van der Waals surface area contributed by atoms with Gasteiger partial charge in [-0.2, -0.15) is 0 Å². The molecule has 0 atom stereocenters. The number of anilines is 2. The second kappa shape index (κ2) is 10.9. The number of nitro groups is 1. The second-order valence-electron chi connectivity index (χ2n) is 8.51. The van der Waals surface area contributed by atoms with Crippen LogP contribution in [0.2, 0.25) is 5.02 Å². The van der Waals surface area contributed by atoms with Gasteiger partial charge in [-0.15, -0.1) is 11.3 Å². The van der Waals surface area contributed by atoms with E-state index in [1.54, 1.807) is 29.5 Å². The molecule has 1 fully saturated rings. The summed E-state index contributed by atoms with van der Waals surface area (Å²) >= 11 is 9.62. The van der Waals surface area contributed by atoms with Crippen LogP contribution in [0.4, 0.5) is 17.1 Å². The number of hydrogen-bond acceptors (Lipinski definition) is 7. The van der Waals surface area contributed by atoms with E-state index in [4.69, 9.17) is 11.6 Å². The molecule has 0 bridgehead atoms. The summed E-state index contributed by atoms with van der Waals surface area (Å²) in [6.07, 6.45) is 4.35. The number of aromatic nitrogens is 1. The molecule has 0 saturated carbocycles. The highest BCUT2D eigenvalue weighted by atomic mass is 35.5. The van der Waals surface area contributed by atoms with Gasteiger partial charge in [0.05, 0.1) is 31.4 Å². The van der Waals surface area contributed by atoms with E-state index in [1.807, 2.05) is 30.3 Å². The van der Waals surface area contributed by atoms with Gasteiger partial charge in [0.1, 0.15) is 0 Å². The number of nitro benzene ring substituents is 1. The number of nitrogens with zero attached hydrogens (tertiary/aromatic N) is 3. The van der Waals surface area contributed by atoms with Gasteiger partial charge < -0.3 is 10.2 Å². The van der Waals surface area contributed by atoms with Crippen LogP contribution >= 0.6 is 34.7 Å². The van der Waals surface area contributed by atoms with Crippen molar-refractivity contribution in [1.29, 1.82) is 0 Å². The predicted molar refractivity (Wildman–Crippen MR) is 147 cm³/mol. The number of fused-ring (bicyclic) bond motifs is 1. The Bertz CT molecular complexity index is 1400. The third kappa shape index (κ3) is 5.48. The third-order valence-corrected chi connectivity index (χ3v) is 8.64. The molecule has 0 radical (unpaired) electrons. The SMILES string of the molecule is O=C(Nc1ccc(Sc2nc3ccccc3s2)c(Cl)c1)c1cc([N+](=O)[O-])ccc1N1CCCCCC1. The van der Waals surface area contributed by atoms with Crippen molar-refractivity contribution in [3.8, 4) is 0 Å². The Morgan fingerprint density at radius 3 is 2.56 bits per heavy atom. The number of benzene rings is 3. The van der Waals surface area contributed by atoms with Crippen LogP contribution in [0.1, 0.15) is 36.0 Å². The molecule has 5 rings (SSSR count). The Kier molecular flexibility index (Phi) is 7.41. The monoisotopic (exact) mass is 538 g/mol. The van der Waals surface area contributed by atoms with Gasteiger partial charge in [-0.1, -0.05) is 48.3 Å². The predicted octanol–water partition coefficient (Wildman–Crippen LogP) is 7.64. The van der Waals surface area contributed by atoms with Gasteiger partial charge in [-0.25, -0.2) is 4.98 Å².